The van der Waals surface area contributed by atoms with Gasteiger partial charge in [0.1, 0.15) is 17.2 Å². The van der Waals surface area contributed by atoms with Crippen LogP contribution >= 0.6 is 0 Å². The van der Waals surface area contributed by atoms with Crippen molar-refractivity contribution in [2.45, 2.75) is 12.7 Å². The summed E-state index contributed by atoms with van der Waals surface area (Å²) in [7, 11) is 0. The standard InChI is InChI=1S/C27H18F4N8O/c28-21-9-22-23(38-15-33-12-24(38)25(32)36-22)8-20(21)26(40)37(13-17-7-6-16(10-34-17)27(29,30)31)19-11-35-39(14-19)18-4-2-1-3-5-18/h1-12,14-15H,13H2,(H2,32,36). The zero-order valence-corrected chi connectivity index (χ0v) is 20.4. The summed E-state index contributed by atoms with van der Waals surface area (Å²) in [6.07, 6.45) is 2.05. The molecule has 9 nitrogen and oxygen atoms in total. The van der Waals surface area contributed by atoms with Crippen molar-refractivity contribution in [3.8, 4) is 5.69 Å². The van der Waals surface area contributed by atoms with Gasteiger partial charge >= 0.3 is 6.18 Å². The third kappa shape index (κ3) is 4.46. The number of benzene rings is 2. The summed E-state index contributed by atoms with van der Waals surface area (Å²) in [5.41, 5.74) is 6.95. The topological polar surface area (TPSA) is 107 Å². The number of fused-ring (bicyclic) bond motifs is 3. The number of alkyl halides is 3. The summed E-state index contributed by atoms with van der Waals surface area (Å²) in [5.74, 6) is -1.48. The maximum Gasteiger partial charge on any atom is 0.417 e. The van der Waals surface area contributed by atoms with Crippen LogP contribution in [0, 0.1) is 5.82 Å². The fraction of sp³-hybridized carbons (Fsp3) is 0.0741. The molecule has 0 saturated carbocycles. The molecule has 4 aromatic heterocycles. The number of amides is 1. The third-order valence-corrected chi connectivity index (χ3v) is 6.31. The molecule has 2 N–H and O–H groups in total. The largest absolute Gasteiger partial charge is 0.417 e. The highest BCUT2D eigenvalue weighted by Gasteiger charge is 2.31. The van der Waals surface area contributed by atoms with Gasteiger partial charge < -0.3 is 5.73 Å². The first-order valence-electron chi connectivity index (χ1n) is 11.8. The number of nitrogens with zero attached hydrogens (tertiary/aromatic N) is 7. The number of hydrogen-bond acceptors (Lipinski definition) is 6. The van der Waals surface area contributed by atoms with Crippen molar-refractivity contribution in [1.29, 1.82) is 0 Å². The molecule has 0 unspecified atom stereocenters. The maximum atomic E-state index is 15.4. The fourth-order valence-electron chi connectivity index (χ4n) is 4.31. The predicted molar refractivity (Wildman–Crippen MR) is 138 cm³/mol. The van der Waals surface area contributed by atoms with Crippen LogP contribution in [0.5, 0.6) is 0 Å². The Hall–Kier alpha value is -5.33. The third-order valence-electron chi connectivity index (χ3n) is 6.31. The summed E-state index contributed by atoms with van der Waals surface area (Å²) in [4.78, 5) is 27.3. The lowest BCUT2D eigenvalue weighted by atomic mass is 10.1. The molecule has 200 valence electrons. The van der Waals surface area contributed by atoms with Gasteiger partial charge in [-0.2, -0.15) is 18.3 Å². The summed E-state index contributed by atoms with van der Waals surface area (Å²) < 4.78 is 57.7. The van der Waals surface area contributed by atoms with E-state index in [0.29, 0.717) is 22.9 Å². The quantitative estimate of drug-likeness (QED) is 0.303. The number of nitrogen functional groups attached to an aromatic ring is 1. The molecular weight excluding hydrogens is 528 g/mol. The van der Waals surface area contributed by atoms with Crippen molar-refractivity contribution in [2.75, 3.05) is 10.6 Å². The molecule has 0 saturated heterocycles. The Balaban J connectivity index is 1.44. The van der Waals surface area contributed by atoms with E-state index in [1.165, 1.54) is 40.4 Å². The Morgan fingerprint density at radius 1 is 1.00 bits per heavy atom. The van der Waals surface area contributed by atoms with E-state index in [1.807, 2.05) is 18.2 Å². The molecule has 0 spiro atoms. The first kappa shape index (κ1) is 25.0. The minimum absolute atomic E-state index is 0.145. The molecule has 13 heteroatoms. The monoisotopic (exact) mass is 546 g/mol. The van der Waals surface area contributed by atoms with Crippen LogP contribution in [0.15, 0.2) is 85.7 Å². The molecule has 0 fully saturated rings. The Morgan fingerprint density at radius 3 is 2.52 bits per heavy atom. The number of pyridine rings is 1. The minimum Gasteiger partial charge on any atom is -0.382 e. The van der Waals surface area contributed by atoms with Gasteiger partial charge in [0, 0.05) is 12.3 Å². The number of anilines is 2. The first-order chi connectivity index (χ1) is 19.2. The highest BCUT2D eigenvalue weighted by molar-refractivity contribution is 6.07. The highest BCUT2D eigenvalue weighted by Crippen LogP contribution is 2.30. The SMILES string of the molecule is Nc1nc2cc(F)c(C(=O)N(Cc3ccc(C(F)(F)F)cn3)c3cnn(-c4ccccc4)c3)cc2n2cncc12. The molecule has 40 heavy (non-hydrogen) atoms. The first-order valence-corrected chi connectivity index (χ1v) is 11.8. The van der Waals surface area contributed by atoms with Crippen molar-refractivity contribution >= 4 is 34.0 Å². The van der Waals surface area contributed by atoms with Gasteiger partial charge in [-0.05, 0) is 30.3 Å². The van der Waals surface area contributed by atoms with E-state index in [2.05, 4.69) is 20.1 Å². The van der Waals surface area contributed by atoms with E-state index < -0.39 is 23.5 Å². The average Bonchev–Trinajstić information content (AvgIpc) is 3.63. The van der Waals surface area contributed by atoms with Crippen LogP contribution in [0.2, 0.25) is 0 Å². The van der Waals surface area contributed by atoms with Gasteiger partial charge in [-0.1, -0.05) is 18.2 Å². The van der Waals surface area contributed by atoms with Crippen molar-refractivity contribution in [1.82, 2.24) is 29.1 Å². The van der Waals surface area contributed by atoms with Crippen LogP contribution in [-0.4, -0.2) is 35.0 Å². The molecular formula is C27H18F4N8O. The van der Waals surface area contributed by atoms with E-state index in [-0.39, 0.29) is 34.8 Å². The number of halogens is 4. The average molecular weight is 546 g/mol. The Kier molecular flexibility index (Phi) is 5.90. The summed E-state index contributed by atoms with van der Waals surface area (Å²) in [6, 6.07) is 13.5. The molecule has 2 aromatic carbocycles. The zero-order chi connectivity index (χ0) is 28.0. The normalized spacial score (nSPS) is 11.8. The number of hydrogen-bond donors (Lipinski definition) is 1. The van der Waals surface area contributed by atoms with E-state index in [4.69, 9.17) is 5.73 Å². The van der Waals surface area contributed by atoms with Crippen LogP contribution in [0.4, 0.5) is 29.1 Å². The van der Waals surface area contributed by atoms with Gasteiger partial charge in [-0.25, -0.2) is 19.0 Å². The van der Waals surface area contributed by atoms with Crippen molar-refractivity contribution in [3.63, 3.8) is 0 Å². The molecule has 6 aromatic rings. The molecule has 0 aliphatic heterocycles. The number of carbonyl (C=O) groups is 1. The number of carbonyl (C=O) groups excluding carboxylic acids is 1. The second kappa shape index (κ2) is 9.45. The van der Waals surface area contributed by atoms with Crippen LogP contribution in [0.25, 0.3) is 22.2 Å². The van der Waals surface area contributed by atoms with E-state index in [0.717, 1.165) is 12.1 Å². The molecule has 0 atom stereocenters. The highest BCUT2D eigenvalue weighted by atomic mass is 19.4. The molecule has 6 rings (SSSR count). The van der Waals surface area contributed by atoms with E-state index in [1.54, 1.807) is 22.7 Å². The smallest absolute Gasteiger partial charge is 0.382 e. The molecule has 0 bridgehead atoms. The lowest BCUT2D eigenvalue weighted by molar-refractivity contribution is -0.137. The Labute approximate surface area is 223 Å². The van der Waals surface area contributed by atoms with Crippen molar-refractivity contribution in [3.05, 3.63) is 108 Å². The van der Waals surface area contributed by atoms with Crippen LogP contribution in [0.3, 0.4) is 0 Å². The second-order valence-electron chi connectivity index (χ2n) is 8.87. The Bertz CT molecular complexity index is 1860. The lowest BCUT2D eigenvalue weighted by Gasteiger charge is -2.22. The number of para-hydroxylation sites is 1. The lowest BCUT2D eigenvalue weighted by Crippen LogP contribution is -2.31. The summed E-state index contributed by atoms with van der Waals surface area (Å²) in [5, 5.41) is 4.31. The predicted octanol–water partition coefficient (Wildman–Crippen LogP) is 5.05. The number of aromatic nitrogens is 6. The number of imidazole rings is 1. The van der Waals surface area contributed by atoms with Gasteiger partial charge in [0.25, 0.3) is 5.91 Å². The van der Waals surface area contributed by atoms with Crippen molar-refractivity contribution in [2.24, 2.45) is 0 Å². The van der Waals surface area contributed by atoms with Crippen LogP contribution in [-0.2, 0) is 12.7 Å². The fourth-order valence-corrected chi connectivity index (χ4v) is 4.31. The zero-order valence-electron chi connectivity index (χ0n) is 20.4. The van der Waals surface area contributed by atoms with Crippen LogP contribution in [0.1, 0.15) is 21.6 Å². The van der Waals surface area contributed by atoms with Gasteiger partial charge in [0.2, 0.25) is 0 Å². The number of nitrogens with two attached hydrogens (primary N) is 1. The number of rotatable bonds is 5. The van der Waals surface area contributed by atoms with Gasteiger partial charge in [-0.15, -0.1) is 0 Å². The maximum absolute atomic E-state index is 15.4. The summed E-state index contributed by atoms with van der Waals surface area (Å²) >= 11 is 0. The van der Waals surface area contributed by atoms with Gasteiger partial charge in [0.05, 0.1) is 70.7 Å². The van der Waals surface area contributed by atoms with Crippen molar-refractivity contribution < 1.29 is 22.4 Å². The van der Waals surface area contributed by atoms with E-state index >= 15 is 4.39 Å². The second-order valence-corrected chi connectivity index (χ2v) is 8.87. The molecule has 0 aliphatic carbocycles. The summed E-state index contributed by atoms with van der Waals surface area (Å²) in [6.45, 7) is -0.255. The molecule has 4 heterocycles. The van der Waals surface area contributed by atoms with Gasteiger partial charge in [-0.3, -0.25) is 19.1 Å². The van der Waals surface area contributed by atoms with E-state index in [9.17, 15) is 18.0 Å². The Morgan fingerprint density at radius 2 is 1.80 bits per heavy atom. The van der Waals surface area contributed by atoms with Gasteiger partial charge in [0.15, 0.2) is 0 Å². The molecule has 0 radical (unpaired) electrons. The van der Waals surface area contributed by atoms with Crippen LogP contribution < -0.4 is 10.6 Å². The minimum atomic E-state index is -4.57. The molecule has 1 amide bonds. The molecule has 0 aliphatic rings.